The smallest absolute Gasteiger partial charge is 0.333 e. The Morgan fingerprint density at radius 1 is 1.71 bits per heavy atom. The molecule has 0 spiro atoms. The van der Waals surface area contributed by atoms with E-state index in [1.807, 2.05) is 6.92 Å². The van der Waals surface area contributed by atoms with Crippen molar-refractivity contribution in [2.24, 2.45) is 0 Å². The van der Waals surface area contributed by atoms with Crippen LogP contribution in [-0.4, -0.2) is 34.5 Å². The summed E-state index contributed by atoms with van der Waals surface area (Å²) >= 11 is 0. The van der Waals surface area contributed by atoms with E-state index in [2.05, 4.69) is 6.58 Å². The monoisotopic (exact) mass is 197 g/mol. The number of amides is 1. The zero-order valence-electron chi connectivity index (χ0n) is 8.32. The number of nitrogens with zero attached hydrogens (tertiary/aromatic N) is 1. The van der Waals surface area contributed by atoms with Crippen molar-refractivity contribution in [1.82, 2.24) is 4.90 Å². The maximum atomic E-state index is 11.4. The first kappa shape index (κ1) is 10.8. The molecule has 0 aliphatic carbocycles. The minimum Gasteiger partial charge on any atom is -0.478 e. The maximum absolute atomic E-state index is 11.4. The molecular weight excluding hydrogens is 182 g/mol. The molecule has 0 aromatic rings. The number of hydrogen-bond acceptors (Lipinski definition) is 2. The van der Waals surface area contributed by atoms with E-state index in [-0.39, 0.29) is 17.5 Å². The lowest BCUT2D eigenvalue weighted by atomic mass is 10.1. The quantitative estimate of drug-likeness (QED) is 0.685. The highest BCUT2D eigenvalue weighted by Gasteiger charge is 2.30. The highest BCUT2D eigenvalue weighted by atomic mass is 16.4. The highest BCUT2D eigenvalue weighted by Crippen LogP contribution is 2.20. The molecule has 0 bridgehead atoms. The molecule has 0 saturated carbocycles. The maximum Gasteiger partial charge on any atom is 0.333 e. The summed E-state index contributed by atoms with van der Waals surface area (Å²) in [5.41, 5.74) is 0.114. The van der Waals surface area contributed by atoms with Gasteiger partial charge in [0.1, 0.15) is 0 Å². The van der Waals surface area contributed by atoms with Crippen molar-refractivity contribution in [3.63, 3.8) is 0 Å². The molecule has 1 N–H and O–H groups in total. The Balaban J connectivity index is 2.75. The highest BCUT2D eigenvalue weighted by molar-refractivity contribution is 5.89. The topological polar surface area (TPSA) is 57.6 Å². The summed E-state index contributed by atoms with van der Waals surface area (Å²) < 4.78 is 0. The second kappa shape index (κ2) is 4.26. The Morgan fingerprint density at radius 3 is 2.71 bits per heavy atom. The lowest BCUT2D eigenvalue weighted by Gasteiger charge is -2.26. The molecule has 4 nitrogen and oxygen atoms in total. The molecule has 1 unspecified atom stereocenters. The SMILES string of the molecule is C=C(C(=O)O)C(CC)N1CCCC1=O. The summed E-state index contributed by atoms with van der Waals surface area (Å²) in [5, 5.41) is 8.79. The Hall–Kier alpha value is -1.32. The summed E-state index contributed by atoms with van der Waals surface area (Å²) in [6, 6.07) is -0.331. The number of carboxylic acids is 1. The van der Waals surface area contributed by atoms with Gasteiger partial charge in [0.15, 0.2) is 0 Å². The van der Waals surface area contributed by atoms with Gasteiger partial charge in [-0.25, -0.2) is 4.79 Å². The summed E-state index contributed by atoms with van der Waals surface area (Å²) in [4.78, 5) is 23.7. The van der Waals surface area contributed by atoms with Gasteiger partial charge in [0.25, 0.3) is 0 Å². The third-order valence-electron chi connectivity index (χ3n) is 2.55. The molecule has 1 amide bonds. The van der Waals surface area contributed by atoms with Gasteiger partial charge in [-0.2, -0.15) is 0 Å². The van der Waals surface area contributed by atoms with Crippen LogP contribution < -0.4 is 0 Å². The fourth-order valence-corrected chi connectivity index (χ4v) is 1.80. The van der Waals surface area contributed by atoms with Crippen LogP contribution in [0.15, 0.2) is 12.2 Å². The zero-order chi connectivity index (χ0) is 10.7. The Labute approximate surface area is 83.2 Å². The molecule has 0 radical (unpaired) electrons. The van der Waals surface area contributed by atoms with E-state index in [1.54, 1.807) is 4.90 Å². The van der Waals surface area contributed by atoms with Gasteiger partial charge < -0.3 is 10.0 Å². The van der Waals surface area contributed by atoms with Crippen molar-refractivity contribution < 1.29 is 14.7 Å². The molecule has 4 heteroatoms. The van der Waals surface area contributed by atoms with Crippen LogP contribution in [0, 0.1) is 0 Å². The van der Waals surface area contributed by atoms with E-state index in [4.69, 9.17) is 5.11 Å². The Kier molecular flexibility index (Phi) is 3.28. The summed E-state index contributed by atoms with van der Waals surface area (Å²) in [5.74, 6) is -0.976. The normalized spacial score (nSPS) is 18.4. The molecule has 0 aromatic heterocycles. The minimum absolute atomic E-state index is 0.0410. The standard InChI is InChI=1S/C10H15NO3/c1-3-8(7(2)10(13)14)11-6-4-5-9(11)12/h8H,2-6H2,1H3,(H,13,14). The van der Waals surface area contributed by atoms with Crippen LogP contribution in [0.1, 0.15) is 26.2 Å². The number of carbonyl (C=O) groups excluding carboxylic acids is 1. The van der Waals surface area contributed by atoms with Gasteiger partial charge in [-0.3, -0.25) is 4.79 Å². The Bertz CT molecular complexity index is 273. The van der Waals surface area contributed by atoms with Crippen molar-refractivity contribution in [2.75, 3.05) is 6.54 Å². The fourth-order valence-electron chi connectivity index (χ4n) is 1.80. The van der Waals surface area contributed by atoms with Crippen molar-refractivity contribution in [2.45, 2.75) is 32.2 Å². The van der Waals surface area contributed by atoms with Crippen molar-refractivity contribution in [3.05, 3.63) is 12.2 Å². The molecule has 1 fully saturated rings. The van der Waals surface area contributed by atoms with Crippen LogP contribution in [0.3, 0.4) is 0 Å². The van der Waals surface area contributed by atoms with Gasteiger partial charge in [0.2, 0.25) is 5.91 Å². The van der Waals surface area contributed by atoms with Crippen molar-refractivity contribution in [1.29, 1.82) is 0 Å². The first-order valence-corrected chi connectivity index (χ1v) is 4.79. The first-order chi connectivity index (χ1) is 6.57. The van der Waals surface area contributed by atoms with Crippen LogP contribution in [0.4, 0.5) is 0 Å². The van der Waals surface area contributed by atoms with E-state index in [1.165, 1.54) is 0 Å². The lowest BCUT2D eigenvalue weighted by molar-refractivity contribution is -0.134. The van der Waals surface area contributed by atoms with Crippen LogP contribution in [0.5, 0.6) is 0 Å². The van der Waals surface area contributed by atoms with Gasteiger partial charge in [0.05, 0.1) is 11.6 Å². The molecule has 1 rings (SSSR count). The molecule has 1 aliphatic rings. The number of rotatable bonds is 4. The number of aliphatic carboxylic acids is 1. The van der Waals surface area contributed by atoms with Crippen LogP contribution in [0.2, 0.25) is 0 Å². The molecule has 1 atom stereocenters. The molecule has 1 aliphatic heterocycles. The summed E-state index contributed by atoms with van der Waals surface area (Å²) in [6.07, 6.45) is 1.96. The third kappa shape index (κ3) is 1.95. The van der Waals surface area contributed by atoms with E-state index in [0.29, 0.717) is 19.4 Å². The number of carboxylic acid groups (broad SMARTS) is 1. The average Bonchev–Trinajstić information content (AvgIpc) is 2.53. The van der Waals surface area contributed by atoms with Crippen LogP contribution >= 0.6 is 0 Å². The zero-order valence-corrected chi connectivity index (χ0v) is 8.32. The fraction of sp³-hybridized carbons (Fsp3) is 0.600. The molecule has 1 heterocycles. The second-order valence-corrected chi connectivity index (χ2v) is 3.45. The number of likely N-dealkylation sites (tertiary alicyclic amines) is 1. The van der Waals surface area contributed by atoms with Crippen molar-refractivity contribution in [3.8, 4) is 0 Å². The molecule has 0 aromatic carbocycles. The molecular formula is C10H15NO3. The van der Waals surface area contributed by atoms with E-state index in [0.717, 1.165) is 6.42 Å². The van der Waals surface area contributed by atoms with E-state index in [9.17, 15) is 9.59 Å². The lowest BCUT2D eigenvalue weighted by Crippen LogP contribution is -2.38. The average molecular weight is 197 g/mol. The summed E-state index contributed by atoms with van der Waals surface area (Å²) in [6.45, 7) is 6.03. The first-order valence-electron chi connectivity index (χ1n) is 4.79. The van der Waals surface area contributed by atoms with Gasteiger partial charge in [0, 0.05) is 13.0 Å². The minimum atomic E-state index is -1.02. The van der Waals surface area contributed by atoms with E-state index >= 15 is 0 Å². The van der Waals surface area contributed by atoms with Crippen LogP contribution in [0.25, 0.3) is 0 Å². The predicted molar refractivity (Wildman–Crippen MR) is 51.8 cm³/mol. The molecule has 1 saturated heterocycles. The third-order valence-corrected chi connectivity index (χ3v) is 2.55. The largest absolute Gasteiger partial charge is 0.478 e. The molecule has 78 valence electrons. The predicted octanol–water partition coefficient (Wildman–Crippen LogP) is 1.03. The van der Waals surface area contributed by atoms with Crippen LogP contribution in [-0.2, 0) is 9.59 Å². The number of hydrogen-bond donors (Lipinski definition) is 1. The number of carbonyl (C=O) groups is 2. The Morgan fingerprint density at radius 2 is 2.36 bits per heavy atom. The van der Waals surface area contributed by atoms with Gasteiger partial charge in [-0.1, -0.05) is 13.5 Å². The van der Waals surface area contributed by atoms with Gasteiger partial charge in [-0.05, 0) is 12.8 Å². The van der Waals surface area contributed by atoms with Crippen molar-refractivity contribution >= 4 is 11.9 Å². The van der Waals surface area contributed by atoms with Gasteiger partial charge >= 0.3 is 5.97 Å². The summed E-state index contributed by atoms with van der Waals surface area (Å²) in [7, 11) is 0. The second-order valence-electron chi connectivity index (χ2n) is 3.45. The van der Waals surface area contributed by atoms with Gasteiger partial charge in [-0.15, -0.1) is 0 Å². The molecule has 14 heavy (non-hydrogen) atoms. The van der Waals surface area contributed by atoms with E-state index < -0.39 is 5.97 Å².